The Morgan fingerprint density at radius 1 is 0.815 bits per heavy atom. The molecule has 0 saturated carbocycles. The summed E-state index contributed by atoms with van der Waals surface area (Å²) in [7, 11) is -3.59. The maximum Gasteiger partial charge on any atom is 0.243 e. The fourth-order valence-electron chi connectivity index (χ4n) is 2.87. The molecule has 0 heterocycles. The number of benzene rings is 3. The monoisotopic (exact) mass is 380 g/mol. The average molecular weight is 381 g/mol. The van der Waals surface area contributed by atoms with E-state index in [-0.39, 0.29) is 0 Å². The number of aryl methyl sites for hydroxylation is 1. The van der Waals surface area contributed by atoms with E-state index in [2.05, 4.69) is 0 Å². The molecule has 0 aliphatic rings. The number of hydrogen-bond donors (Lipinski definition) is 1. The Morgan fingerprint density at radius 2 is 1.44 bits per heavy atom. The third-order valence-corrected chi connectivity index (χ3v) is 6.35. The van der Waals surface area contributed by atoms with Gasteiger partial charge in [-0.05, 0) is 48.7 Å². The van der Waals surface area contributed by atoms with Gasteiger partial charge in [0.15, 0.2) is 0 Å². The van der Waals surface area contributed by atoms with E-state index in [4.69, 9.17) is 5.73 Å². The van der Waals surface area contributed by atoms with Crippen LogP contribution in [0.15, 0.2) is 83.8 Å². The highest BCUT2D eigenvalue weighted by molar-refractivity contribution is 7.89. The van der Waals surface area contributed by atoms with Gasteiger partial charge in [-0.15, -0.1) is 0 Å². The van der Waals surface area contributed by atoms with Crippen LogP contribution in [0.25, 0.3) is 0 Å². The molecule has 4 nitrogen and oxygen atoms in total. The van der Waals surface area contributed by atoms with Crippen molar-refractivity contribution in [2.45, 2.75) is 24.8 Å². The summed E-state index contributed by atoms with van der Waals surface area (Å²) >= 11 is 0. The first-order valence-electron chi connectivity index (χ1n) is 8.90. The second-order valence-corrected chi connectivity index (χ2v) is 8.57. The highest BCUT2D eigenvalue weighted by atomic mass is 32.2. The third-order valence-electron chi connectivity index (χ3n) is 4.49. The van der Waals surface area contributed by atoms with Crippen LogP contribution in [0.5, 0.6) is 0 Å². The number of nitrogens with zero attached hydrogens (tertiary/aromatic N) is 1. The summed E-state index contributed by atoms with van der Waals surface area (Å²) in [6, 6.07) is 24.2. The van der Waals surface area contributed by atoms with E-state index in [1.807, 2.05) is 73.7 Å². The summed E-state index contributed by atoms with van der Waals surface area (Å²) in [5.41, 5.74) is 9.49. The van der Waals surface area contributed by atoms with E-state index in [1.165, 1.54) is 0 Å². The van der Waals surface area contributed by atoms with Crippen LogP contribution in [0.3, 0.4) is 0 Å². The van der Waals surface area contributed by atoms with Gasteiger partial charge in [0.1, 0.15) is 0 Å². The molecule has 0 saturated heterocycles. The van der Waals surface area contributed by atoms with E-state index >= 15 is 0 Å². The molecular weight excluding hydrogens is 356 g/mol. The number of anilines is 1. The van der Waals surface area contributed by atoms with Crippen molar-refractivity contribution in [1.82, 2.24) is 4.31 Å². The fraction of sp³-hybridized carbons (Fsp3) is 0.182. The first-order valence-corrected chi connectivity index (χ1v) is 10.3. The Balaban J connectivity index is 1.86. The lowest BCUT2D eigenvalue weighted by Crippen LogP contribution is -2.32. The number of hydrogen-bond acceptors (Lipinski definition) is 3. The molecule has 0 radical (unpaired) electrons. The largest absolute Gasteiger partial charge is 0.399 e. The molecule has 0 aromatic heterocycles. The van der Waals surface area contributed by atoms with Gasteiger partial charge >= 0.3 is 0 Å². The molecule has 0 fully saturated rings. The minimum Gasteiger partial charge on any atom is -0.399 e. The van der Waals surface area contributed by atoms with Crippen molar-refractivity contribution in [3.05, 3.63) is 95.6 Å². The first kappa shape index (κ1) is 19.1. The van der Waals surface area contributed by atoms with Crippen molar-refractivity contribution in [3.63, 3.8) is 0 Å². The van der Waals surface area contributed by atoms with E-state index < -0.39 is 10.0 Å². The number of rotatable bonds is 7. The molecule has 3 aromatic rings. The highest BCUT2D eigenvalue weighted by Gasteiger charge is 2.24. The van der Waals surface area contributed by atoms with Gasteiger partial charge in [0.25, 0.3) is 0 Å². The van der Waals surface area contributed by atoms with Crippen molar-refractivity contribution in [3.8, 4) is 0 Å². The van der Waals surface area contributed by atoms with Crippen LogP contribution in [0.2, 0.25) is 0 Å². The molecule has 2 N–H and O–H groups in total. The van der Waals surface area contributed by atoms with Crippen LogP contribution in [-0.4, -0.2) is 19.3 Å². The van der Waals surface area contributed by atoms with Gasteiger partial charge in [-0.1, -0.05) is 60.2 Å². The molecule has 0 aliphatic carbocycles. The van der Waals surface area contributed by atoms with Gasteiger partial charge in [0.2, 0.25) is 10.0 Å². The Labute approximate surface area is 161 Å². The second kappa shape index (κ2) is 8.37. The highest BCUT2D eigenvalue weighted by Crippen LogP contribution is 2.20. The molecule has 0 spiro atoms. The van der Waals surface area contributed by atoms with Gasteiger partial charge in [-0.25, -0.2) is 8.42 Å². The lowest BCUT2D eigenvalue weighted by molar-refractivity contribution is 0.409. The Morgan fingerprint density at radius 3 is 2.07 bits per heavy atom. The molecule has 140 valence electrons. The molecule has 0 bridgehead atoms. The number of sulfonamides is 1. The normalized spacial score (nSPS) is 11.6. The van der Waals surface area contributed by atoms with Gasteiger partial charge in [0.05, 0.1) is 4.90 Å². The van der Waals surface area contributed by atoms with E-state index in [0.29, 0.717) is 30.1 Å². The minimum absolute atomic E-state index is 0.321. The Kier molecular flexibility index (Phi) is 5.94. The third kappa shape index (κ3) is 4.96. The van der Waals surface area contributed by atoms with Crippen LogP contribution >= 0.6 is 0 Å². The van der Waals surface area contributed by atoms with Crippen molar-refractivity contribution in [2.24, 2.45) is 0 Å². The van der Waals surface area contributed by atoms with E-state index in [9.17, 15) is 8.42 Å². The lowest BCUT2D eigenvalue weighted by atomic mass is 10.1. The van der Waals surface area contributed by atoms with E-state index in [0.717, 1.165) is 16.7 Å². The average Bonchev–Trinajstić information content (AvgIpc) is 2.67. The van der Waals surface area contributed by atoms with Gasteiger partial charge in [-0.2, -0.15) is 4.31 Å². The van der Waals surface area contributed by atoms with Crippen LogP contribution < -0.4 is 5.73 Å². The zero-order valence-corrected chi connectivity index (χ0v) is 16.2. The molecule has 0 aliphatic heterocycles. The smallest absolute Gasteiger partial charge is 0.243 e. The zero-order valence-electron chi connectivity index (χ0n) is 15.4. The van der Waals surface area contributed by atoms with Crippen LogP contribution in [0.1, 0.15) is 16.7 Å². The summed E-state index contributed by atoms with van der Waals surface area (Å²) in [6.45, 7) is 2.68. The maximum absolute atomic E-state index is 13.2. The quantitative estimate of drug-likeness (QED) is 0.630. The van der Waals surface area contributed by atoms with Crippen LogP contribution in [0.4, 0.5) is 5.69 Å². The zero-order chi connectivity index (χ0) is 19.3. The number of nitrogen functional groups attached to an aromatic ring is 1. The molecule has 0 unspecified atom stereocenters. The molecule has 5 heteroatoms. The molecule has 3 rings (SSSR count). The summed E-state index contributed by atoms with van der Waals surface area (Å²) < 4.78 is 28.0. The van der Waals surface area contributed by atoms with Gasteiger partial charge in [0, 0.05) is 18.8 Å². The number of nitrogens with two attached hydrogens (primary N) is 1. The summed E-state index contributed by atoms with van der Waals surface area (Å²) in [5, 5.41) is 0. The van der Waals surface area contributed by atoms with Crippen molar-refractivity contribution >= 4 is 15.7 Å². The predicted octanol–water partition coefficient (Wildman–Crippen LogP) is 4.01. The van der Waals surface area contributed by atoms with Crippen LogP contribution in [-0.2, 0) is 23.0 Å². The molecular formula is C22H24N2O2S. The fourth-order valence-corrected chi connectivity index (χ4v) is 4.30. The molecule has 0 amide bonds. The molecule has 3 aromatic carbocycles. The minimum atomic E-state index is -3.59. The van der Waals surface area contributed by atoms with Gasteiger partial charge < -0.3 is 5.73 Å². The lowest BCUT2D eigenvalue weighted by Gasteiger charge is -2.22. The summed E-state index contributed by atoms with van der Waals surface area (Å²) in [5.74, 6) is 0. The molecule has 27 heavy (non-hydrogen) atoms. The molecule has 0 atom stereocenters. The van der Waals surface area contributed by atoms with Crippen molar-refractivity contribution in [1.29, 1.82) is 0 Å². The second-order valence-electron chi connectivity index (χ2n) is 6.63. The van der Waals surface area contributed by atoms with Crippen molar-refractivity contribution < 1.29 is 8.42 Å². The van der Waals surface area contributed by atoms with Crippen molar-refractivity contribution in [2.75, 3.05) is 12.3 Å². The standard InChI is InChI=1S/C22H24N2O2S/c1-18-7-13-22(14-8-18)27(25,26)24(17-20-5-3-2-4-6-20)16-15-19-9-11-21(23)12-10-19/h2-14H,15-17,23H2,1H3. The Bertz CT molecular complexity index is 967. The topological polar surface area (TPSA) is 63.4 Å². The van der Waals surface area contributed by atoms with E-state index in [1.54, 1.807) is 16.4 Å². The van der Waals surface area contributed by atoms with Gasteiger partial charge in [-0.3, -0.25) is 0 Å². The maximum atomic E-state index is 13.2. The first-order chi connectivity index (χ1) is 12.9. The summed E-state index contributed by atoms with van der Waals surface area (Å²) in [4.78, 5) is 0.321. The predicted molar refractivity (Wildman–Crippen MR) is 110 cm³/mol. The Hall–Kier alpha value is -2.63. The SMILES string of the molecule is Cc1ccc(S(=O)(=O)N(CCc2ccc(N)cc2)Cc2ccccc2)cc1. The summed E-state index contributed by atoms with van der Waals surface area (Å²) in [6.07, 6.45) is 0.623. The van der Waals surface area contributed by atoms with Crippen LogP contribution in [0, 0.1) is 6.92 Å².